The maximum absolute atomic E-state index is 12.8. The molecular formula is C17H20N2O3. The first-order valence-corrected chi connectivity index (χ1v) is 7.08. The molecule has 0 fully saturated rings. The van der Waals surface area contributed by atoms with Crippen molar-refractivity contribution in [3.05, 3.63) is 59.7 Å². The van der Waals surface area contributed by atoms with Gasteiger partial charge in [-0.3, -0.25) is 4.79 Å². The maximum atomic E-state index is 12.8. The molecule has 116 valence electrons. The number of phenols is 2. The van der Waals surface area contributed by atoms with Crippen LogP contribution in [0.3, 0.4) is 0 Å². The van der Waals surface area contributed by atoms with Gasteiger partial charge < -0.3 is 21.7 Å². The molecule has 0 bridgehead atoms. The predicted molar refractivity (Wildman–Crippen MR) is 84.8 cm³/mol. The van der Waals surface area contributed by atoms with Crippen LogP contribution in [0.2, 0.25) is 0 Å². The van der Waals surface area contributed by atoms with Crippen LogP contribution in [0.15, 0.2) is 48.5 Å². The highest BCUT2D eigenvalue weighted by Crippen LogP contribution is 2.27. The van der Waals surface area contributed by atoms with Gasteiger partial charge in [-0.05, 0) is 35.4 Å². The van der Waals surface area contributed by atoms with Gasteiger partial charge in [0.2, 0.25) is 0 Å². The zero-order valence-corrected chi connectivity index (χ0v) is 12.1. The number of benzene rings is 2. The van der Waals surface area contributed by atoms with Crippen molar-refractivity contribution in [3.8, 4) is 11.5 Å². The van der Waals surface area contributed by atoms with Crippen LogP contribution in [0.5, 0.6) is 11.5 Å². The second-order valence-corrected chi connectivity index (χ2v) is 5.16. The van der Waals surface area contributed by atoms with E-state index < -0.39 is 11.8 Å². The molecular weight excluding hydrogens is 280 g/mol. The summed E-state index contributed by atoms with van der Waals surface area (Å²) in [4.78, 5) is 12.8. The third-order valence-electron chi connectivity index (χ3n) is 3.75. The molecule has 0 amide bonds. The Kier molecular flexibility index (Phi) is 5.14. The summed E-state index contributed by atoms with van der Waals surface area (Å²) in [5, 5.41) is 18.7. The Morgan fingerprint density at radius 3 is 1.36 bits per heavy atom. The van der Waals surface area contributed by atoms with Gasteiger partial charge in [-0.15, -0.1) is 0 Å². The predicted octanol–water partition coefficient (Wildman–Crippen LogP) is 1.45. The standard InChI is InChI=1S/C17H20N2O3/c18-9-15(11-1-5-13(20)6-2-11)17(22)16(10-19)12-3-7-14(21)8-4-12/h1-8,15-16,20-21H,9-10,18-19H2. The van der Waals surface area contributed by atoms with Crippen molar-refractivity contribution in [2.45, 2.75) is 11.8 Å². The van der Waals surface area contributed by atoms with Gasteiger partial charge in [0.1, 0.15) is 17.3 Å². The van der Waals surface area contributed by atoms with E-state index >= 15 is 0 Å². The lowest BCUT2D eigenvalue weighted by atomic mass is 9.83. The molecule has 2 rings (SSSR count). The molecule has 2 aromatic carbocycles. The number of nitrogens with two attached hydrogens (primary N) is 2. The summed E-state index contributed by atoms with van der Waals surface area (Å²) < 4.78 is 0. The summed E-state index contributed by atoms with van der Waals surface area (Å²) in [5.74, 6) is -0.756. The molecule has 2 unspecified atom stereocenters. The zero-order valence-electron chi connectivity index (χ0n) is 12.1. The lowest BCUT2D eigenvalue weighted by molar-refractivity contribution is -0.121. The van der Waals surface area contributed by atoms with Crippen molar-refractivity contribution >= 4 is 5.78 Å². The first kappa shape index (κ1) is 16.0. The smallest absolute Gasteiger partial charge is 0.150 e. The number of aromatic hydroxyl groups is 2. The van der Waals surface area contributed by atoms with E-state index in [1.807, 2.05) is 0 Å². The Morgan fingerprint density at radius 1 is 0.773 bits per heavy atom. The molecule has 6 N–H and O–H groups in total. The Balaban J connectivity index is 2.29. The Morgan fingerprint density at radius 2 is 1.09 bits per heavy atom. The summed E-state index contributed by atoms with van der Waals surface area (Å²) in [6.45, 7) is 0.330. The molecule has 0 saturated heterocycles. The number of carbonyl (C=O) groups excluding carboxylic acids is 1. The largest absolute Gasteiger partial charge is 0.508 e. The van der Waals surface area contributed by atoms with Gasteiger partial charge in [-0.25, -0.2) is 0 Å². The van der Waals surface area contributed by atoms with Gasteiger partial charge in [0.15, 0.2) is 0 Å². The van der Waals surface area contributed by atoms with Crippen LogP contribution in [0, 0.1) is 0 Å². The van der Waals surface area contributed by atoms with E-state index in [0.717, 1.165) is 11.1 Å². The van der Waals surface area contributed by atoms with Crippen LogP contribution in [0.4, 0.5) is 0 Å². The molecule has 0 spiro atoms. The number of hydrogen-bond donors (Lipinski definition) is 4. The zero-order chi connectivity index (χ0) is 16.1. The highest BCUT2D eigenvalue weighted by Gasteiger charge is 2.27. The lowest BCUT2D eigenvalue weighted by Crippen LogP contribution is -2.30. The quantitative estimate of drug-likeness (QED) is 0.645. The molecule has 0 aromatic heterocycles. The minimum absolute atomic E-state index is 0.0682. The lowest BCUT2D eigenvalue weighted by Gasteiger charge is -2.21. The highest BCUT2D eigenvalue weighted by atomic mass is 16.3. The van der Waals surface area contributed by atoms with E-state index in [9.17, 15) is 15.0 Å². The molecule has 5 nitrogen and oxygen atoms in total. The average molecular weight is 300 g/mol. The summed E-state index contributed by atoms with van der Waals surface area (Å²) in [6.07, 6.45) is 0. The van der Waals surface area contributed by atoms with Gasteiger partial charge in [-0.2, -0.15) is 0 Å². The summed E-state index contributed by atoms with van der Waals surface area (Å²) in [6, 6.07) is 12.9. The number of ketones is 1. The molecule has 0 saturated carbocycles. The van der Waals surface area contributed by atoms with Crippen molar-refractivity contribution < 1.29 is 15.0 Å². The van der Waals surface area contributed by atoms with E-state index in [2.05, 4.69) is 0 Å². The number of rotatable bonds is 6. The van der Waals surface area contributed by atoms with Crippen LogP contribution >= 0.6 is 0 Å². The first-order chi connectivity index (χ1) is 10.6. The SMILES string of the molecule is NCC(C(=O)C(CN)c1ccc(O)cc1)c1ccc(O)cc1. The molecule has 0 heterocycles. The van der Waals surface area contributed by atoms with Crippen LogP contribution in [0.1, 0.15) is 23.0 Å². The fourth-order valence-electron chi connectivity index (χ4n) is 2.49. The minimum atomic E-state index is -0.483. The Labute approximate surface area is 129 Å². The van der Waals surface area contributed by atoms with Gasteiger partial charge in [-0.1, -0.05) is 24.3 Å². The molecule has 0 aliphatic heterocycles. The Bertz CT molecular complexity index is 568. The van der Waals surface area contributed by atoms with Crippen LogP contribution in [0.25, 0.3) is 0 Å². The fraction of sp³-hybridized carbons (Fsp3) is 0.235. The van der Waals surface area contributed by atoms with Crippen LogP contribution < -0.4 is 11.5 Å². The molecule has 5 heteroatoms. The van der Waals surface area contributed by atoms with Crippen LogP contribution in [-0.4, -0.2) is 29.1 Å². The average Bonchev–Trinajstić information content (AvgIpc) is 2.52. The first-order valence-electron chi connectivity index (χ1n) is 7.08. The molecule has 0 aliphatic carbocycles. The van der Waals surface area contributed by atoms with Crippen LogP contribution in [-0.2, 0) is 4.79 Å². The third-order valence-corrected chi connectivity index (χ3v) is 3.75. The van der Waals surface area contributed by atoms with Gasteiger partial charge >= 0.3 is 0 Å². The van der Waals surface area contributed by atoms with Crippen molar-refractivity contribution in [2.75, 3.05) is 13.1 Å². The second kappa shape index (κ2) is 7.06. The highest BCUT2D eigenvalue weighted by molar-refractivity contribution is 5.92. The van der Waals surface area contributed by atoms with Gasteiger partial charge in [0.25, 0.3) is 0 Å². The van der Waals surface area contributed by atoms with E-state index in [4.69, 9.17) is 11.5 Å². The van der Waals surface area contributed by atoms with E-state index in [-0.39, 0.29) is 30.4 Å². The second-order valence-electron chi connectivity index (χ2n) is 5.16. The fourth-order valence-corrected chi connectivity index (χ4v) is 2.49. The van der Waals surface area contributed by atoms with Crippen molar-refractivity contribution in [1.82, 2.24) is 0 Å². The monoisotopic (exact) mass is 300 g/mol. The summed E-state index contributed by atoms with van der Waals surface area (Å²) in [5.41, 5.74) is 13.1. The Hall–Kier alpha value is -2.37. The third kappa shape index (κ3) is 3.44. The summed E-state index contributed by atoms with van der Waals surface area (Å²) >= 11 is 0. The van der Waals surface area contributed by atoms with Crippen molar-refractivity contribution in [3.63, 3.8) is 0 Å². The molecule has 2 atom stereocenters. The number of hydrogen-bond acceptors (Lipinski definition) is 5. The molecule has 0 aliphatic rings. The van der Waals surface area contributed by atoms with E-state index in [1.165, 1.54) is 24.3 Å². The topological polar surface area (TPSA) is 110 Å². The normalized spacial score (nSPS) is 13.5. The summed E-state index contributed by atoms with van der Waals surface area (Å²) in [7, 11) is 0. The van der Waals surface area contributed by atoms with Crippen molar-refractivity contribution in [1.29, 1.82) is 0 Å². The maximum Gasteiger partial charge on any atom is 0.150 e. The number of carbonyl (C=O) groups is 1. The minimum Gasteiger partial charge on any atom is -0.508 e. The van der Waals surface area contributed by atoms with Crippen molar-refractivity contribution in [2.24, 2.45) is 11.5 Å². The van der Waals surface area contributed by atoms with Gasteiger partial charge in [0, 0.05) is 13.1 Å². The van der Waals surface area contributed by atoms with E-state index in [0.29, 0.717) is 0 Å². The molecule has 2 aromatic rings. The number of Topliss-reactive ketones (excluding diaryl/α,β-unsaturated/α-hetero) is 1. The molecule has 0 radical (unpaired) electrons. The van der Waals surface area contributed by atoms with E-state index in [1.54, 1.807) is 24.3 Å². The number of phenolic OH excluding ortho intramolecular Hbond substituents is 2. The molecule has 22 heavy (non-hydrogen) atoms. The van der Waals surface area contributed by atoms with Gasteiger partial charge in [0.05, 0.1) is 11.8 Å².